The lowest BCUT2D eigenvalue weighted by molar-refractivity contribution is -0.127. The number of carbonyl (C=O) groups is 1. The Morgan fingerprint density at radius 1 is 1.37 bits per heavy atom. The van der Waals surface area contributed by atoms with E-state index in [1.807, 2.05) is 23.6 Å². The number of unbranched alkanes of at least 4 members (excludes halogenated alkanes) is 1. The van der Waals surface area contributed by atoms with Gasteiger partial charge in [-0.3, -0.25) is 4.79 Å². The van der Waals surface area contributed by atoms with Crippen molar-refractivity contribution in [1.82, 2.24) is 24.7 Å². The van der Waals surface area contributed by atoms with E-state index in [1.54, 1.807) is 25.2 Å². The van der Waals surface area contributed by atoms with Gasteiger partial charge in [0.25, 0.3) is 0 Å². The summed E-state index contributed by atoms with van der Waals surface area (Å²) >= 11 is 6.09. The van der Waals surface area contributed by atoms with E-state index < -0.39 is 0 Å². The van der Waals surface area contributed by atoms with E-state index in [-0.39, 0.29) is 12.5 Å². The van der Waals surface area contributed by atoms with Gasteiger partial charge in [0.15, 0.2) is 5.96 Å². The number of amides is 1. The third-order valence-corrected chi connectivity index (χ3v) is 5.07. The van der Waals surface area contributed by atoms with Gasteiger partial charge in [-0.25, -0.2) is 9.98 Å². The molecule has 1 amide bonds. The zero-order valence-electron chi connectivity index (χ0n) is 17.6. The molecule has 8 heteroatoms. The molecule has 154 valence electrons. The number of imidazole rings is 1. The maximum absolute atomic E-state index is 12.0. The SMILES string of the molecule is CCCCC(CC)CNC(=NCC(=O)N(C)C)N(C)Cc1ncc(Cl)n1C. The number of aromatic nitrogens is 2. The number of hydrogen-bond acceptors (Lipinski definition) is 3. The van der Waals surface area contributed by atoms with E-state index in [0.717, 1.165) is 18.8 Å². The Morgan fingerprint density at radius 2 is 2.07 bits per heavy atom. The molecule has 1 aromatic heterocycles. The molecule has 1 N–H and O–H groups in total. The molecule has 1 heterocycles. The average molecular weight is 399 g/mol. The molecule has 27 heavy (non-hydrogen) atoms. The molecule has 0 aliphatic carbocycles. The van der Waals surface area contributed by atoms with Crippen molar-refractivity contribution in [3.8, 4) is 0 Å². The second-order valence-corrected chi connectivity index (χ2v) is 7.52. The number of rotatable bonds is 10. The Labute approximate surface area is 168 Å². The van der Waals surface area contributed by atoms with Crippen LogP contribution in [0.15, 0.2) is 11.2 Å². The Hall–Kier alpha value is -1.76. The van der Waals surface area contributed by atoms with Crippen LogP contribution in [0.2, 0.25) is 5.15 Å². The van der Waals surface area contributed by atoms with E-state index in [1.165, 1.54) is 19.3 Å². The van der Waals surface area contributed by atoms with Gasteiger partial charge in [0, 0.05) is 34.7 Å². The minimum atomic E-state index is -0.0271. The van der Waals surface area contributed by atoms with Crippen LogP contribution in [0, 0.1) is 5.92 Å². The molecule has 1 atom stereocenters. The monoisotopic (exact) mass is 398 g/mol. The van der Waals surface area contributed by atoms with Crippen molar-refractivity contribution in [3.63, 3.8) is 0 Å². The molecule has 0 aliphatic rings. The molecule has 0 saturated carbocycles. The normalized spacial score (nSPS) is 12.8. The highest BCUT2D eigenvalue weighted by Gasteiger charge is 2.14. The van der Waals surface area contributed by atoms with Crippen LogP contribution in [0.1, 0.15) is 45.4 Å². The Morgan fingerprint density at radius 3 is 2.59 bits per heavy atom. The van der Waals surface area contributed by atoms with Gasteiger partial charge in [0.2, 0.25) is 5.91 Å². The number of hydrogen-bond donors (Lipinski definition) is 1. The largest absolute Gasteiger partial charge is 0.356 e. The third-order valence-electron chi connectivity index (χ3n) is 4.72. The predicted octanol–water partition coefficient (Wildman–Crippen LogP) is 2.76. The lowest BCUT2D eigenvalue weighted by Gasteiger charge is -2.25. The minimum Gasteiger partial charge on any atom is -0.356 e. The predicted molar refractivity (Wildman–Crippen MR) is 112 cm³/mol. The van der Waals surface area contributed by atoms with Crippen LogP contribution in [0.4, 0.5) is 0 Å². The van der Waals surface area contributed by atoms with Crippen LogP contribution in [-0.4, -0.2) is 65.5 Å². The fraction of sp³-hybridized carbons (Fsp3) is 0.737. The van der Waals surface area contributed by atoms with Crippen LogP contribution in [0.5, 0.6) is 0 Å². The summed E-state index contributed by atoms with van der Waals surface area (Å²) in [6.45, 7) is 5.94. The zero-order valence-corrected chi connectivity index (χ0v) is 18.4. The first-order valence-corrected chi connectivity index (χ1v) is 10.0. The van der Waals surface area contributed by atoms with Gasteiger partial charge in [-0.1, -0.05) is 44.7 Å². The van der Waals surface area contributed by atoms with E-state index in [9.17, 15) is 4.79 Å². The van der Waals surface area contributed by atoms with Crippen molar-refractivity contribution in [1.29, 1.82) is 0 Å². The summed E-state index contributed by atoms with van der Waals surface area (Å²) < 4.78 is 1.84. The number of nitrogens with one attached hydrogen (secondary N) is 1. The Kier molecular flexibility index (Phi) is 10.2. The maximum Gasteiger partial charge on any atom is 0.243 e. The number of aliphatic imine (C=N–C) groups is 1. The second kappa shape index (κ2) is 11.8. The minimum absolute atomic E-state index is 0.0271. The van der Waals surface area contributed by atoms with Crippen LogP contribution >= 0.6 is 11.6 Å². The Bertz CT molecular complexity index is 613. The summed E-state index contributed by atoms with van der Waals surface area (Å²) in [5, 5.41) is 4.05. The van der Waals surface area contributed by atoms with Gasteiger partial charge in [-0.15, -0.1) is 0 Å². The van der Waals surface area contributed by atoms with Crippen molar-refractivity contribution >= 4 is 23.5 Å². The first-order chi connectivity index (χ1) is 12.8. The van der Waals surface area contributed by atoms with Crippen LogP contribution in [-0.2, 0) is 18.4 Å². The number of guanidine groups is 1. The number of carbonyl (C=O) groups excluding carboxylic acids is 1. The quantitative estimate of drug-likeness (QED) is 0.486. The molecule has 1 rings (SSSR count). The lowest BCUT2D eigenvalue weighted by atomic mass is 9.99. The van der Waals surface area contributed by atoms with E-state index >= 15 is 0 Å². The standard InChI is InChI=1S/C19H35ClN6O/c1-7-9-10-15(8-2)11-22-19(23-13-18(27)24(3)4)25(5)14-17-21-12-16(20)26(17)6/h12,15H,7-11,13-14H2,1-6H3,(H,22,23). The van der Waals surface area contributed by atoms with Gasteiger partial charge in [0.1, 0.15) is 17.5 Å². The van der Waals surface area contributed by atoms with Crippen molar-refractivity contribution in [2.45, 2.75) is 46.1 Å². The summed E-state index contributed by atoms with van der Waals surface area (Å²) in [5.41, 5.74) is 0. The van der Waals surface area contributed by atoms with Gasteiger partial charge in [-0.05, 0) is 12.3 Å². The summed E-state index contributed by atoms with van der Waals surface area (Å²) in [6, 6.07) is 0. The van der Waals surface area contributed by atoms with Gasteiger partial charge < -0.3 is 19.7 Å². The molecule has 1 aromatic rings. The van der Waals surface area contributed by atoms with Gasteiger partial charge in [0.05, 0.1) is 12.7 Å². The number of likely N-dealkylation sites (N-methyl/N-ethyl adjacent to an activating group) is 1. The van der Waals surface area contributed by atoms with Crippen LogP contribution < -0.4 is 5.32 Å². The summed E-state index contributed by atoms with van der Waals surface area (Å²) in [5.74, 6) is 2.12. The molecular formula is C19H35ClN6O. The number of halogens is 1. The molecule has 0 saturated heterocycles. The lowest BCUT2D eigenvalue weighted by Crippen LogP contribution is -2.42. The highest BCUT2D eigenvalue weighted by molar-refractivity contribution is 6.29. The van der Waals surface area contributed by atoms with Crippen molar-refractivity contribution in [2.75, 3.05) is 34.2 Å². The van der Waals surface area contributed by atoms with Crippen molar-refractivity contribution in [3.05, 3.63) is 17.2 Å². The highest BCUT2D eigenvalue weighted by atomic mass is 35.5. The first kappa shape index (κ1) is 23.3. The summed E-state index contributed by atoms with van der Waals surface area (Å²) in [6.07, 6.45) is 6.39. The summed E-state index contributed by atoms with van der Waals surface area (Å²) in [4.78, 5) is 24.4. The Balaban J connectivity index is 2.83. The second-order valence-electron chi connectivity index (χ2n) is 7.14. The fourth-order valence-corrected chi connectivity index (χ4v) is 2.78. The molecule has 0 radical (unpaired) electrons. The van der Waals surface area contributed by atoms with E-state index in [4.69, 9.17) is 11.6 Å². The van der Waals surface area contributed by atoms with Crippen LogP contribution in [0.3, 0.4) is 0 Å². The third kappa shape index (κ3) is 7.79. The highest BCUT2D eigenvalue weighted by Crippen LogP contribution is 2.13. The van der Waals surface area contributed by atoms with E-state index in [0.29, 0.717) is 23.6 Å². The molecule has 0 fully saturated rings. The smallest absolute Gasteiger partial charge is 0.243 e. The first-order valence-electron chi connectivity index (χ1n) is 9.65. The van der Waals surface area contributed by atoms with Crippen LogP contribution in [0.25, 0.3) is 0 Å². The fourth-order valence-electron chi connectivity index (χ4n) is 2.63. The topological polar surface area (TPSA) is 65.8 Å². The molecule has 7 nitrogen and oxygen atoms in total. The van der Waals surface area contributed by atoms with Crippen molar-refractivity contribution < 1.29 is 4.79 Å². The van der Waals surface area contributed by atoms with Crippen molar-refractivity contribution in [2.24, 2.45) is 18.0 Å². The molecule has 0 aliphatic heterocycles. The molecular weight excluding hydrogens is 364 g/mol. The summed E-state index contributed by atoms with van der Waals surface area (Å²) in [7, 11) is 7.31. The number of nitrogens with zero attached hydrogens (tertiary/aromatic N) is 5. The zero-order chi connectivity index (χ0) is 20.4. The molecule has 1 unspecified atom stereocenters. The molecule has 0 bridgehead atoms. The van der Waals surface area contributed by atoms with Gasteiger partial charge >= 0.3 is 0 Å². The van der Waals surface area contributed by atoms with Gasteiger partial charge in [-0.2, -0.15) is 0 Å². The molecule has 0 spiro atoms. The maximum atomic E-state index is 12.0. The van der Waals surface area contributed by atoms with E-state index in [2.05, 4.69) is 29.1 Å². The molecule has 0 aromatic carbocycles. The average Bonchev–Trinajstić information content (AvgIpc) is 2.95.